The second-order valence-corrected chi connectivity index (χ2v) is 6.63. The van der Waals surface area contributed by atoms with E-state index in [-0.39, 0.29) is 6.61 Å². The van der Waals surface area contributed by atoms with Gasteiger partial charge in [0.05, 0.1) is 26.3 Å². The van der Waals surface area contributed by atoms with Gasteiger partial charge in [-0.3, -0.25) is 4.98 Å². The molecule has 0 N–H and O–H groups in total. The van der Waals surface area contributed by atoms with Gasteiger partial charge in [0.1, 0.15) is 17.1 Å². The van der Waals surface area contributed by atoms with Crippen LogP contribution >= 0.6 is 0 Å². The summed E-state index contributed by atoms with van der Waals surface area (Å²) in [6.45, 7) is 2.03. The molecule has 2 aromatic carbocycles. The summed E-state index contributed by atoms with van der Waals surface area (Å²) in [4.78, 5) is 17.1. The van der Waals surface area contributed by atoms with Crippen molar-refractivity contribution in [3.63, 3.8) is 0 Å². The van der Waals surface area contributed by atoms with Crippen LogP contribution < -0.4 is 14.2 Å². The summed E-state index contributed by atoms with van der Waals surface area (Å²) in [6, 6.07) is 14.5. The van der Waals surface area contributed by atoms with Crippen LogP contribution in [0.25, 0.3) is 16.6 Å². The molecular weight excluding hydrogens is 396 g/mol. The lowest BCUT2D eigenvalue weighted by molar-refractivity contribution is 0.0523. The Hall–Kier alpha value is -4.00. The lowest BCUT2D eigenvalue weighted by Gasteiger charge is -2.15. The van der Waals surface area contributed by atoms with Gasteiger partial charge in [0.2, 0.25) is 0 Å². The molecule has 31 heavy (non-hydrogen) atoms. The zero-order valence-electron chi connectivity index (χ0n) is 17.5. The summed E-state index contributed by atoms with van der Waals surface area (Å²) in [6.07, 6.45) is 5.45. The van der Waals surface area contributed by atoms with Crippen molar-refractivity contribution in [3.05, 3.63) is 72.7 Å². The molecule has 0 aliphatic heterocycles. The second-order valence-electron chi connectivity index (χ2n) is 6.63. The Morgan fingerprint density at radius 2 is 1.68 bits per heavy atom. The van der Waals surface area contributed by atoms with Crippen molar-refractivity contribution in [3.8, 4) is 28.7 Å². The van der Waals surface area contributed by atoms with Crippen molar-refractivity contribution in [2.24, 2.45) is 0 Å². The fraction of sp³-hybridized carbons (Fsp3) is 0.167. The van der Waals surface area contributed by atoms with Gasteiger partial charge in [-0.2, -0.15) is 0 Å². The van der Waals surface area contributed by atoms with Crippen LogP contribution in [0.15, 0.2) is 67.1 Å². The van der Waals surface area contributed by atoms with Gasteiger partial charge >= 0.3 is 5.97 Å². The van der Waals surface area contributed by atoms with E-state index < -0.39 is 5.97 Å². The molecule has 0 saturated carbocycles. The lowest BCUT2D eigenvalue weighted by Crippen LogP contribution is -2.08. The Morgan fingerprint density at radius 1 is 0.935 bits per heavy atom. The molecule has 0 atom stereocenters. The molecule has 0 aliphatic rings. The van der Waals surface area contributed by atoms with E-state index in [0.717, 1.165) is 11.1 Å². The van der Waals surface area contributed by atoms with Crippen LogP contribution in [0.2, 0.25) is 0 Å². The number of fused-ring (bicyclic) bond motifs is 1. The summed E-state index contributed by atoms with van der Waals surface area (Å²) in [5.74, 6) is 1.59. The van der Waals surface area contributed by atoms with E-state index in [1.165, 1.54) is 0 Å². The van der Waals surface area contributed by atoms with E-state index >= 15 is 0 Å². The van der Waals surface area contributed by atoms with Gasteiger partial charge in [-0.25, -0.2) is 4.79 Å². The molecule has 0 unspecified atom stereocenters. The minimum absolute atomic E-state index is 0.265. The smallest absolute Gasteiger partial charge is 0.342 e. The summed E-state index contributed by atoms with van der Waals surface area (Å²) in [5.41, 5.74) is 1.83. The number of methoxy groups -OCH3 is 2. The fourth-order valence-electron chi connectivity index (χ4n) is 3.30. The molecule has 0 amide bonds. The van der Waals surface area contributed by atoms with Gasteiger partial charge in [-0.1, -0.05) is 0 Å². The molecule has 2 heterocycles. The van der Waals surface area contributed by atoms with Crippen LogP contribution in [-0.4, -0.2) is 36.3 Å². The van der Waals surface area contributed by atoms with Crippen LogP contribution in [0, 0.1) is 0 Å². The summed E-state index contributed by atoms with van der Waals surface area (Å²) < 4.78 is 24.1. The molecule has 7 nitrogen and oxygen atoms in total. The average Bonchev–Trinajstić information content (AvgIpc) is 3.33. The molecule has 0 radical (unpaired) electrons. The number of hydrogen-bond acceptors (Lipinski definition) is 6. The first-order valence-electron chi connectivity index (χ1n) is 9.77. The summed E-state index contributed by atoms with van der Waals surface area (Å²) in [5, 5.41) is 0.726. The maximum Gasteiger partial charge on any atom is 0.342 e. The molecule has 0 fully saturated rings. The second kappa shape index (κ2) is 8.79. The van der Waals surface area contributed by atoms with E-state index in [4.69, 9.17) is 18.9 Å². The highest BCUT2D eigenvalue weighted by molar-refractivity contribution is 5.94. The van der Waals surface area contributed by atoms with Crippen LogP contribution in [-0.2, 0) is 4.74 Å². The highest BCUT2D eigenvalue weighted by Gasteiger charge is 2.18. The molecule has 158 valence electrons. The highest BCUT2D eigenvalue weighted by atomic mass is 16.5. The lowest BCUT2D eigenvalue weighted by atomic mass is 10.1. The Labute approximate surface area is 179 Å². The first-order chi connectivity index (χ1) is 15.1. The van der Waals surface area contributed by atoms with Crippen molar-refractivity contribution in [2.75, 3.05) is 20.8 Å². The third kappa shape index (κ3) is 4.02. The van der Waals surface area contributed by atoms with Crippen molar-refractivity contribution in [1.82, 2.24) is 9.55 Å². The maximum atomic E-state index is 12.7. The van der Waals surface area contributed by atoms with Crippen LogP contribution in [0.1, 0.15) is 17.3 Å². The van der Waals surface area contributed by atoms with E-state index in [2.05, 4.69) is 4.98 Å². The van der Waals surface area contributed by atoms with Gasteiger partial charge in [0.25, 0.3) is 0 Å². The number of nitrogens with zero attached hydrogens (tertiary/aromatic N) is 2. The van der Waals surface area contributed by atoms with Crippen molar-refractivity contribution in [2.45, 2.75) is 6.92 Å². The van der Waals surface area contributed by atoms with E-state index in [0.29, 0.717) is 34.1 Å². The molecule has 4 rings (SSSR count). The minimum atomic E-state index is -0.455. The predicted octanol–water partition coefficient (Wildman–Crippen LogP) is 5.01. The predicted molar refractivity (Wildman–Crippen MR) is 117 cm³/mol. The van der Waals surface area contributed by atoms with E-state index in [9.17, 15) is 4.79 Å². The molecule has 4 aromatic rings. The van der Waals surface area contributed by atoms with Gasteiger partial charge in [-0.05, 0) is 49.4 Å². The standard InChI is InChI=1S/C24H22N2O5/c1-4-30-24(27)18-13-16(26-11-5-6-12-26)7-8-20(18)31-21-9-10-25-19-15-23(29-3)22(28-2)14-17(19)21/h5-15H,4H2,1-3H3. The van der Waals surface area contributed by atoms with Gasteiger partial charge in [0.15, 0.2) is 11.5 Å². The monoisotopic (exact) mass is 418 g/mol. The molecule has 0 saturated heterocycles. The third-order valence-electron chi connectivity index (χ3n) is 4.79. The first kappa shape index (κ1) is 20.3. The van der Waals surface area contributed by atoms with Crippen molar-refractivity contribution >= 4 is 16.9 Å². The van der Waals surface area contributed by atoms with Crippen LogP contribution in [0.3, 0.4) is 0 Å². The Balaban J connectivity index is 1.79. The van der Waals surface area contributed by atoms with Crippen molar-refractivity contribution in [1.29, 1.82) is 0 Å². The number of benzene rings is 2. The van der Waals surface area contributed by atoms with Crippen LogP contribution in [0.5, 0.6) is 23.0 Å². The van der Waals surface area contributed by atoms with Gasteiger partial charge in [-0.15, -0.1) is 0 Å². The zero-order chi connectivity index (χ0) is 21.8. The van der Waals surface area contributed by atoms with Crippen LogP contribution in [0.4, 0.5) is 0 Å². The molecule has 0 aliphatic carbocycles. The maximum absolute atomic E-state index is 12.7. The summed E-state index contributed by atoms with van der Waals surface area (Å²) in [7, 11) is 3.14. The number of pyridine rings is 1. The Kier molecular flexibility index (Phi) is 5.75. The third-order valence-corrected chi connectivity index (χ3v) is 4.79. The number of ether oxygens (including phenoxy) is 4. The number of hydrogen-bond donors (Lipinski definition) is 0. The van der Waals surface area contributed by atoms with Crippen molar-refractivity contribution < 1.29 is 23.7 Å². The largest absolute Gasteiger partial charge is 0.493 e. The Morgan fingerprint density at radius 3 is 2.39 bits per heavy atom. The summed E-state index contributed by atoms with van der Waals surface area (Å²) >= 11 is 0. The topological polar surface area (TPSA) is 71.8 Å². The van der Waals surface area contributed by atoms with E-state index in [1.807, 2.05) is 35.2 Å². The minimum Gasteiger partial charge on any atom is -0.493 e. The Bertz CT molecular complexity index is 1220. The normalized spacial score (nSPS) is 10.7. The average molecular weight is 418 g/mol. The van der Waals surface area contributed by atoms with Gasteiger partial charge in [0, 0.05) is 35.7 Å². The quantitative estimate of drug-likeness (QED) is 0.393. The molecule has 7 heteroatoms. The first-order valence-corrected chi connectivity index (χ1v) is 9.77. The fourth-order valence-corrected chi connectivity index (χ4v) is 3.30. The molecule has 0 bridgehead atoms. The molecular formula is C24H22N2O5. The number of aromatic nitrogens is 2. The van der Waals surface area contributed by atoms with Gasteiger partial charge < -0.3 is 23.5 Å². The zero-order valence-corrected chi connectivity index (χ0v) is 17.5. The number of esters is 1. The highest BCUT2D eigenvalue weighted by Crippen LogP contribution is 2.38. The molecule has 0 spiro atoms. The number of carbonyl (C=O) groups excluding carboxylic acids is 1. The number of carbonyl (C=O) groups is 1. The number of rotatable bonds is 7. The SMILES string of the molecule is CCOC(=O)c1cc(-n2cccc2)ccc1Oc1ccnc2cc(OC)c(OC)cc12. The van der Waals surface area contributed by atoms with E-state index in [1.54, 1.807) is 57.7 Å². The molecule has 2 aromatic heterocycles.